The maximum atomic E-state index is 13.7. The molecule has 2 saturated carbocycles. The molecule has 3 aromatic heterocycles. The third-order valence-electron chi connectivity index (χ3n) is 7.91. The maximum Gasteiger partial charge on any atom is 0.333 e. The third kappa shape index (κ3) is 5.38. The van der Waals surface area contributed by atoms with E-state index < -0.39 is 0 Å². The Balaban J connectivity index is 1.16. The van der Waals surface area contributed by atoms with Gasteiger partial charge >= 0.3 is 5.69 Å². The van der Waals surface area contributed by atoms with E-state index in [2.05, 4.69) is 20.6 Å². The van der Waals surface area contributed by atoms with Crippen molar-refractivity contribution in [3.63, 3.8) is 0 Å². The van der Waals surface area contributed by atoms with Gasteiger partial charge in [0.25, 0.3) is 11.8 Å². The average molecular weight is 559 g/mol. The molecular weight excluding hydrogens is 528 g/mol. The van der Waals surface area contributed by atoms with E-state index in [0.29, 0.717) is 40.1 Å². The highest BCUT2D eigenvalue weighted by Gasteiger charge is 2.26. The summed E-state index contributed by atoms with van der Waals surface area (Å²) in [5.41, 5.74) is 3.66. The number of hydrogen-bond acceptors (Lipinski definition) is 5. The fraction of sp³-hybridized carbons (Fsp3) is 0.367. The summed E-state index contributed by atoms with van der Waals surface area (Å²) in [7, 11) is 0. The summed E-state index contributed by atoms with van der Waals surface area (Å²) in [4.78, 5) is 47.4. The second-order valence-electron chi connectivity index (χ2n) is 10.8. The monoisotopic (exact) mass is 558 g/mol. The number of nitrogens with one attached hydrogen (secondary N) is 2. The Kier molecular flexibility index (Phi) is 7.14. The van der Waals surface area contributed by atoms with E-state index in [4.69, 9.17) is 11.6 Å². The summed E-state index contributed by atoms with van der Waals surface area (Å²) in [5, 5.41) is 6.52. The minimum absolute atomic E-state index is 0.0712. The lowest BCUT2D eigenvalue weighted by atomic mass is 9.85. The molecule has 1 aromatic carbocycles. The predicted octanol–water partition coefficient (Wildman–Crippen LogP) is 4.43. The molecule has 2 aliphatic carbocycles. The van der Waals surface area contributed by atoms with Crippen molar-refractivity contribution in [3.8, 4) is 5.69 Å². The summed E-state index contributed by atoms with van der Waals surface area (Å²) in [6, 6.07) is 13.2. The zero-order valence-electron chi connectivity index (χ0n) is 22.3. The van der Waals surface area contributed by atoms with Crippen LogP contribution in [-0.2, 0) is 6.54 Å². The number of aromatic nitrogens is 4. The average Bonchev–Trinajstić information content (AvgIpc) is 3.74. The van der Waals surface area contributed by atoms with E-state index in [0.717, 1.165) is 49.6 Å². The van der Waals surface area contributed by atoms with Crippen LogP contribution in [0.2, 0.25) is 5.02 Å². The van der Waals surface area contributed by atoms with E-state index >= 15 is 0 Å². The van der Waals surface area contributed by atoms with Gasteiger partial charge in [0.05, 0.1) is 39.2 Å². The molecule has 0 aliphatic heterocycles. The molecule has 10 heteroatoms. The van der Waals surface area contributed by atoms with E-state index in [1.54, 1.807) is 35.9 Å². The maximum absolute atomic E-state index is 13.7. The van der Waals surface area contributed by atoms with Crippen molar-refractivity contribution in [3.05, 3.63) is 87.3 Å². The summed E-state index contributed by atoms with van der Waals surface area (Å²) in [6.45, 7) is 2.40. The largest absolute Gasteiger partial charge is 0.349 e. The van der Waals surface area contributed by atoms with Gasteiger partial charge in [-0.2, -0.15) is 0 Å². The fourth-order valence-corrected chi connectivity index (χ4v) is 5.68. The summed E-state index contributed by atoms with van der Waals surface area (Å²) in [6.07, 6.45) is 8.62. The summed E-state index contributed by atoms with van der Waals surface area (Å²) < 4.78 is 3.51. The molecule has 40 heavy (non-hydrogen) atoms. The number of pyridine rings is 2. The van der Waals surface area contributed by atoms with Crippen molar-refractivity contribution in [2.45, 2.75) is 64.1 Å². The molecule has 9 nitrogen and oxygen atoms in total. The van der Waals surface area contributed by atoms with Gasteiger partial charge in [0.15, 0.2) is 0 Å². The number of rotatable bonds is 7. The van der Waals surface area contributed by atoms with Gasteiger partial charge in [-0.15, -0.1) is 0 Å². The molecule has 2 aliphatic rings. The van der Waals surface area contributed by atoms with Crippen molar-refractivity contribution >= 4 is 34.4 Å². The van der Waals surface area contributed by atoms with Crippen molar-refractivity contribution in [1.29, 1.82) is 0 Å². The molecule has 0 unspecified atom stereocenters. The number of carbonyl (C=O) groups excluding carboxylic acids is 2. The molecule has 0 saturated heterocycles. The SMILES string of the molecule is Cc1ncc(Cl)cc1C(=O)N[C@H]1CC[C@H](Cn2c(=O)n(-c3ccc(C(=O)NC4CC4)nc3)c3ccccc32)CC1. The van der Waals surface area contributed by atoms with Crippen LogP contribution in [0, 0.1) is 12.8 Å². The standard InChI is InChI=1S/C30H31ClN6O3/c1-18-24(14-20(31)15-32-18)28(38)34-21-8-6-19(7-9-21)17-36-26-4-2-3-5-27(26)37(30(36)40)23-12-13-25(33-16-23)29(39)35-22-10-11-22/h2-5,12-16,19,21-22H,6-11,17H2,1H3,(H,34,38)(H,35,39)/t19-,21-. The van der Waals surface area contributed by atoms with Crippen molar-refractivity contribution in [2.24, 2.45) is 5.92 Å². The van der Waals surface area contributed by atoms with Crippen molar-refractivity contribution in [1.82, 2.24) is 29.7 Å². The van der Waals surface area contributed by atoms with Gasteiger partial charge in [-0.3, -0.25) is 23.7 Å². The summed E-state index contributed by atoms with van der Waals surface area (Å²) in [5.74, 6) is -0.0267. The van der Waals surface area contributed by atoms with E-state index in [9.17, 15) is 14.4 Å². The molecule has 0 radical (unpaired) electrons. The van der Waals surface area contributed by atoms with Crippen molar-refractivity contribution in [2.75, 3.05) is 0 Å². The minimum Gasteiger partial charge on any atom is -0.349 e. The summed E-state index contributed by atoms with van der Waals surface area (Å²) >= 11 is 6.04. The lowest BCUT2D eigenvalue weighted by molar-refractivity contribution is 0.0917. The Morgan fingerprint density at radius 3 is 2.25 bits per heavy atom. The molecule has 206 valence electrons. The number of imidazole rings is 1. The molecule has 2 fully saturated rings. The Bertz CT molecular complexity index is 1630. The van der Waals surface area contributed by atoms with Crippen LogP contribution in [0.15, 0.2) is 59.7 Å². The number of para-hydroxylation sites is 2. The molecule has 2 N–H and O–H groups in total. The van der Waals surface area contributed by atoms with Crippen LogP contribution in [-0.4, -0.2) is 43.0 Å². The topological polar surface area (TPSA) is 111 Å². The molecule has 6 rings (SSSR count). The molecule has 0 bridgehead atoms. The first-order valence-corrected chi connectivity index (χ1v) is 14.2. The Labute approximate surface area is 236 Å². The van der Waals surface area contributed by atoms with Crippen LogP contribution < -0.4 is 16.3 Å². The highest BCUT2D eigenvalue weighted by molar-refractivity contribution is 6.30. The van der Waals surface area contributed by atoms with E-state index in [1.807, 2.05) is 28.8 Å². The van der Waals surface area contributed by atoms with Gasteiger partial charge in [-0.25, -0.2) is 9.78 Å². The fourth-order valence-electron chi connectivity index (χ4n) is 5.52. The van der Waals surface area contributed by atoms with Gasteiger partial charge < -0.3 is 10.6 Å². The van der Waals surface area contributed by atoms with E-state index in [1.165, 1.54) is 6.20 Å². The first kappa shape index (κ1) is 26.3. The predicted molar refractivity (Wildman–Crippen MR) is 153 cm³/mol. The minimum atomic E-state index is -0.185. The first-order chi connectivity index (χ1) is 19.4. The van der Waals surface area contributed by atoms with Gasteiger partial charge in [0.2, 0.25) is 0 Å². The van der Waals surface area contributed by atoms with Crippen LogP contribution in [0.4, 0.5) is 0 Å². The van der Waals surface area contributed by atoms with Crippen LogP contribution in [0.3, 0.4) is 0 Å². The normalized spacial score (nSPS) is 18.9. The molecular formula is C30H31ClN6O3. The van der Waals surface area contributed by atoms with Crippen LogP contribution in [0.5, 0.6) is 0 Å². The lowest BCUT2D eigenvalue weighted by Gasteiger charge is -2.29. The highest BCUT2D eigenvalue weighted by atomic mass is 35.5. The number of hydrogen-bond donors (Lipinski definition) is 2. The number of amides is 2. The zero-order valence-corrected chi connectivity index (χ0v) is 23.0. The molecule has 0 spiro atoms. The van der Waals surface area contributed by atoms with Gasteiger partial charge in [0, 0.05) is 24.8 Å². The third-order valence-corrected chi connectivity index (χ3v) is 8.11. The Morgan fingerprint density at radius 2 is 1.57 bits per heavy atom. The van der Waals surface area contributed by atoms with Crippen LogP contribution >= 0.6 is 11.6 Å². The molecule has 0 atom stereocenters. The number of aryl methyl sites for hydroxylation is 1. The van der Waals surface area contributed by atoms with Gasteiger partial charge in [0.1, 0.15) is 5.69 Å². The number of nitrogens with zero attached hydrogens (tertiary/aromatic N) is 4. The number of benzene rings is 1. The smallest absolute Gasteiger partial charge is 0.333 e. The first-order valence-electron chi connectivity index (χ1n) is 13.8. The van der Waals surface area contributed by atoms with E-state index in [-0.39, 0.29) is 29.6 Å². The zero-order chi connectivity index (χ0) is 27.8. The van der Waals surface area contributed by atoms with Crippen molar-refractivity contribution < 1.29 is 9.59 Å². The van der Waals surface area contributed by atoms with Gasteiger partial charge in [-0.1, -0.05) is 23.7 Å². The molecule has 4 aromatic rings. The second kappa shape index (κ2) is 10.9. The number of fused-ring (bicyclic) bond motifs is 1. The quantitative estimate of drug-likeness (QED) is 0.349. The van der Waals surface area contributed by atoms with Crippen LogP contribution in [0.1, 0.15) is 65.1 Å². The number of halogens is 1. The van der Waals surface area contributed by atoms with Gasteiger partial charge in [-0.05, 0) is 81.7 Å². The molecule has 3 heterocycles. The number of carbonyl (C=O) groups is 2. The Morgan fingerprint density at radius 1 is 0.900 bits per heavy atom. The lowest BCUT2D eigenvalue weighted by Crippen LogP contribution is -2.39. The highest BCUT2D eigenvalue weighted by Crippen LogP contribution is 2.28. The Hall–Kier alpha value is -3.98. The second-order valence-corrected chi connectivity index (χ2v) is 11.3. The van der Waals surface area contributed by atoms with Crippen LogP contribution in [0.25, 0.3) is 16.7 Å². The molecule has 2 amide bonds.